The number of nitrogens with two attached hydrogens (primary N) is 1. The third-order valence-corrected chi connectivity index (χ3v) is 7.91. The number of aliphatic hydroxyl groups is 2. The summed E-state index contributed by atoms with van der Waals surface area (Å²) >= 11 is 0. The second-order valence-electron chi connectivity index (χ2n) is 9.92. The Morgan fingerprint density at radius 1 is 0.977 bits per heavy atom. The summed E-state index contributed by atoms with van der Waals surface area (Å²) in [4.78, 5) is 25.5. The number of fused-ring (bicyclic) bond motifs is 1. The first kappa shape index (κ1) is 29.2. The highest BCUT2D eigenvalue weighted by atomic mass is 32.2. The van der Waals surface area contributed by atoms with Crippen molar-refractivity contribution >= 4 is 33.2 Å². The van der Waals surface area contributed by atoms with E-state index in [-0.39, 0.29) is 22.8 Å². The second kappa shape index (κ2) is 11.6. The molecule has 0 unspecified atom stereocenters. The number of aromatic nitrogens is 4. The van der Waals surface area contributed by atoms with Gasteiger partial charge in [0, 0.05) is 11.1 Å². The second-order valence-corrected chi connectivity index (χ2v) is 11.3. The van der Waals surface area contributed by atoms with E-state index in [0.717, 1.165) is 23.3 Å². The van der Waals surface area contributed by atoms with Gasteiger partial charge in [0.05, 0.1) is 12.9 Å². The summed E-state index contributed by atoms with van der Waals surface area (Å²) in [5, 5.41) is 33.3. The molecule has 44 heavy (non-hydrogen) atoms. The highest BCUT2D eigenvalue weighted by molar-refractivity contribution is 7.85. The summed E-state index contributed by atoms with van der Waals surface area (Å²) in [7, 11) is -4.71. The van der Waals surface area contributed by atoms with Crippen LogP contribution in [0.2, 0.25) is 0 Å². The lowest BCUT2D eigenvalue weighted by Crippen LogP contribution is -2.38. The van der Waals surface area contributed by atoms with Crippen LogP contribution in [0.15, 0.2) is 85.2 Å². The van der Waals surface area contributed by atoms with E-state index in [1.165, 1.54) is 23.0 Å². The fourth-order valence-electron chi connectivity index (χ4n) is 4.83. The number of imidazole rings is 1. The first-order valence-electron chi connectivity index (χ1n) is 13.3. The van der Waals surface area contributed by atoms with E-state index in [1.807, 2.05) is 54.6 Å². The molecule has 5 aromatic rings. The number of benzene rings is 3. The molecule has 0 aliphatic carbocycles. The molecule has 0 radical (unpaired) electrons. The summed E-state index contributed by atoms with van der Waals surface area (Å²) in [6.07, 6.45) is -4.43. The van der Waals surface area contributed by atoms with Crippen LogP contribution in [-0.4, -0.2) is 69.0 Å². The van der Waals surface area contributed by atoms with Gasteiger partial charge >= 0.3 is 10.3 Å². The third-order valence-electron chi connectivity index (χ3n) is 7.02. The largest absolute Gasteiger partial charge is 0.872 e. The molecular formula is C29H25N6O8S-. The molecule has 0 saturated carbocycles. The van der Waals surface area contributed by atoms with E-state index in [4.69, 9.17) is 14.7 Å². The predicted molar refractivity (Wildman–Crippen MR) is 155 cm³/mol. The zero-order valence-electron chi connectivity index (χ0n) is 22.7. The zero-order valence-corrected chi connectivity index (χ0v) is 23.5. The maximum atomic E-state index is 12.4. The van der Waals surface area contributed by atoms with Crippen LogP contribution >= 0.6 is 0 Å². The molecule has 14 nitrogen and oxygen atoms in total. The Labute approximate surface area is 250 Å². The minimum absolute atomic E-state index is 0.0725. The van der Waals surface area contributed by atoms with Crippen LogP contribution in [0.3, 0.4) is 0 Å². The molecule has 5 N–H and O–H groups in total. The zero-order chi connectivity index (χ0) is 31.0. The number of para-hydroxylation sites is 1. The van der Waals surface area contributed by atoms with Crippen molar-refractivity contribution in [1.29, 1.82) is 0 Å². The van der Waals surface area contributed by atoms with Crippen LogP contribution in [0, 0.1) is 0 Å². The van der Waals surface area contributed by atoms with Crippen molar-refractivity contribution in [3.63, 3.8) is 0 Å². The Bertz CT molecular complexity index is 1950. The van der Waals surface area contributed by atoms with Crippen LogP contribution in [0.1, 0.15) is 16.6 Å². The van der Waals surface area contributed by atoms with E-state index in [2.05, 4.69) is 15.0 Å². The van der Waals surface area contributed by atoms with E-state index < -0.39 is 58.7 Å². The van der Waals surface area contributed by atoms with Gasteiger partial charge in [0.2, 0.25) is 0 Å². The molecular weight excluding hydrogens is 592 g/mol. The Morgan fingerprint density at radius 3 is 2.45 bits per heavy atom. The molecule has 3 heterocycles. The lowest BCUT2D eigenvalue weighted by Gasteiger charge is -2.17. The van der Waals surface area contributed by atoms with Crippen molar-refractivity contribution < 1.29 is 37.5 Å². The summed E-state index contributed by atoms with van der Waals surface area (Å²) in [5.74, 6) is -1.51. The molecule has 1 saturated heterocycles. The van der Waals surface area contributed by atoms with Gasteiger partial charge in [-0.1, -0.05) is 78.5 Å². The van der Waals surface area contributed by atoms with Gasteiger partial charge in [-0.25, -0.2) is 19.7 Å². The van der Waals surface area contributed by atoms with Crippen LogP contribution in [0.4, 0.5) is 5.82 Å². The number of rotatable bonds is 8. The number of hydrogen-bond donors (Lipinski definition) is 4. The van der Waals surface area contributed by atoms with Crippen molar-refractivity contribution in [3.8, 4) is 28.3 Å². The number of nitrogens with one attached hydrogen (secondary N) is 1. The summed E-state index contributed by atoms with van der Waals surface area (Å²) in [6, 6.07) is 22.3. The van der Waals surface area contributed by atoms with Gasteiger partial charge < -0.3 is 25.8 Å². The van der Waals surface area contributed by atoms with E-state index in [9.17, 15) is 28.5 Å². The Hall–Kier alpha value is -4.93. The number of anilines is 1. The summed E-state index contributed by atoms with van der Waals surface area (Å²) in [6.45, 7) is -0.766. The van der Waals surface area contributed by atoms with Crippen molar-refractivity contribution in [2.75, 3.05) is 12.3 Å². The Balaban J connectivity index is 1.21. The number of aliphatic hydroxyl groups excluding tert-OH is 2. The molecule has 4 atom stereocenters. The van der Waals surface area contributed by atoms with E-state index >= 15 is 0 Å². The minimum atomic E-state index is -4.71. The lowest BCUT2D eigenvalue weighted by molar-refractivity contribution is -0.268. The van der Waals surface area contributed by atoms with E-state index in [1.54, 1.807) is 4.72 Å². The normalized spacial score (nSPS) is 20.1. The van der Waals surface area contributed by atoms with Crippen molar-refractivity contribution in [2.45, 2.75) is 24.5 Å². The van der Waals surface area contributed by atoms with Crippen molar-refractivity contribution in [1.82, 2.24) is 24.2 Å². The molecule has 6 rings (SSSR count). The fourth-order valence-corrected chi connectivity index (χ4v) is 5.54. The number of nitrogens with zero attached hydrogens (tertiary/aromatic N) is 4. The number of ether oxygens (including phenoxy) is 1. The summed E-state index contributed by atoms with van der Waals surface area (Å²) < 4.78 is 38.4. The van der Waals surface area contributed by atoms with Gasteiger partial charge in [-0.3, -0.25) is 13.5 Å². The van der Waals surface area contributed by atoms with Crippen LogP contribution in [0.5, 0.6) is 5.75 Å². The topological polar surface area (TPSA) is 215 Å². The standard InChI is InChI=1S/C29H26N6O8S/c30-25-22-27(33-26(32-25)18-10-6-9-17(13-18)16-7-2-1-3-8-16)35(15-31-22)29-24(38)23(37)21(43-29)14-42-44(40,41)34-28(39)19-11-4-5-12-20(19)36/h1-13,15,21,23-24,29,36-38H,14H2,(H,34,39)(H2,30,32,33)/p-1/t21-,23-,24-,29-/m1/s1. The first-order chi connectivity index (χ1) is 21.1. The molecule has 0 spiro atoms. The highest BCUT2D eigenvalue weighted by Gasteiger charge is 2.45. The van der Waals surface area contributed by atoms with Gasteiger partial charge in [0.15, 0.2) is 23.5 Å². The molecule has 226 valence electrons. The molecule has 3 aromatic carbocycles. The number of hydrogen-bond acceptors (Lipinski definition) is 12. The fraction of sp³-hybridized carbons (Fsp3) is 0.172. The molecule has 1 aliphatic rings. The third kappa shape index (κ3) is 5.69. The van der Waals surface area contributed by atoms with Gasteiger partial charge in [0.25, 0.3) is 5.91 Å². The van der Waals surface area contributed by atoms with Crippen LogP contribution < -0.4 is 15.6 Å². The highest BCUT2D eigenvalue weighted by Crippen LogP contribution is 2.34. The smallest absolute Gasteiger partial charge is 0.362 e. The Kier molecular flexibility index (Phi) is 7.71. The Morgan fingerprint density at radius 2 is 1.68 bits per heavy atom. The van der Waals surface area contributed by atoms with Gasteiger partial charge in [0.1, 0.15) is 23.8 Å². The quantitative estimate of drug-likeness (QED) is 0.193. The molecule has 1 aliphatic heterocycles. The maximum absolute atomic E-state index is 12.4. The van der Waals surface area contributed by atoms with Crippen LogP contribution in [0.25, 0.3) is 33.7 Å². The molecule has 0 bridgehead atoms. The first-order valence-corrected chi connectivity index (χ1v) is 14.7. The predicted octanol–water partition coefficient (Wildman–Crippen LogP) is 1.13. The number of nitrogen functional groups attached to an aromatic ring is 1. The number of carbonyl (C=O) groups excluding carboxylic acids is 1. The lowest BCUT2D eigenvalue weighted by atomic mass is 10.0. The van der Waals surface area contributed by atoms with Gasteiger partial charge in [-0.05, 0) is 17.2 Å². The number of carbonyl (C=O) groups is 1. The van der Waals surface area contributed by atoms with Crippen molar-refractivity contribution in [3.05, 3.63) is 90.8 Å². The van der Waals surface area contributed by atoms with Gasteiger partial charge in [-0.2, -0.15) is 8.42 Å². The molecule has 15 heteroatoms. The van der Waals surface area contributed by atoms with Gasteiger partial charge in [-0.15, -0.1) is 0 Å². The van der Waals surface area contributed by atoms with Crippen molar-refractivity contribution in [2.24, 2.45) is 0 Å². The number of amides is 1. The maximum Gasteiger partial charge on any atom is 0.362 e. The summed E-state index contributed by atoms with van der Waals surface area (Å²) in [5.41, 5.74) is 8.83. The SMILES string of the molecule is Nc1nc(-c2cccc(-c3ccccc3)c2)nc2c1ncn2[C@@H]1O[C@H](COS(=O)(=O)NC(=O)c2ccccc2[O-])[C@@H](O)[C@H]1O. The molecule has 1 amide bonds. The van der Waals surface area contributed by atoms with E-state index in [0.29, 0.717) is 5.56 Å². The monoisotopic (exact) mass is 617 g/mol. The molecule has 1 fully saturated rings. The minimum Gasteiger partial charge on any atom is -0.872 e. The van der Waals surface area contributed by atoms with Crippen LogP contribution in [-0.2, 0) is 19.2 Å². The molecule has 2 aromatic heterocycles. The average Bonchev–Trinajstić information content (AvgIpc) is 3.57. The average molecular weight is 618 g/mol.